The molecule has 0 unspecified atom stereocenters. The van der Waals surface area contributed by atoms with E-state index in [0.717, 1.165) is 8.66 Å². The number of aromatic carboxylic acids is 1. The van der Waals surface area contributed by atoms with E-state index in [2.05, 4.69) is 26.2 Å². The Hall–Kier alpha value is -1.21. The highest BCUT2D eigenvalue weighted by Gasteiger charge is 2.17. The molecule has 0 aromatic carbocycles. The fourth-order valence-electron chi connectivity index (χ4n) is 1.56. The first-order chi connectivity index (χ1) is 8.11. The van der Waals surface area contributed by atoms with Crippen LogP contribution >= 0.6 is 27.3 Å². The van der Waals surface area contributed by atoms with Crippen LogP contribution in [0.15, 0.2) is 15.9 Å². The maximum Gasteiger partial charge on any atom is 0.358 e. The van der Waals surface area contributed by atoms with E-state index in [0.29, 0.717) is 18.7 Å². The van der Waals surface area contributed by atoms with Crippen LogP contribution in [0.25, 0.3) is 0 Å². The van der Waals surface area contributed by atoms with E-state index in [1.807, 2.05) is 19.1 Å². The Bertz CT molecular complexity index is 549. The molecule has 0 bridgehead atoms. The predicted molar refractivity (Wildman–Crippen MR) is 67.5 cm³/mol. The standard InChI is InChI=1S/C10H10BrN3O2S/c1-2-7-9(10(15)16)12-13-14(7)5-6-3-4-8(11)17-6/h3-4H,2,5H2,1H3,(H,15,16). The molecule has 90 valence electrons. The molecule has 0 radical (unpaired) electrons. The van der Waals surface area contributed by atoms with Crippen molar-refractivity contribution in [1.29, 1.82) is 0 Å². The monoisotopic (exact) mass is 315 g/mol. The van der Waals surface area contributed by atoms with Gasteiger partial charge in [0, 0.05) is 4.88 Å². The highest BCUT2D eigenvalue weighted by molar-refractivity contribution is 9.11. The van der Waals surface area contributed by atoms with Gasteiger partial charge in [-0.15, -0.1) is 16.4 Å². The zero-order chi connectivity index (χ0) is 12.4. The zero-order valence-corrected chi connectivity index (χ0v) is 11.5. The molecule has 2 heterocycles. The van der Waals surface area contributed by atoms with Gasteiger partial charge in [-0.3, -0.25) is 0 Å². The summed E-state index contributed by atoms with van der Waals surface area (Å²) in [7, 11) is 0. The van der Waals surface area contributed by atoms with Crippen molar-refractivity contribution in [2.45, 2.75) is 19.9 Å². The van der Waals surface area contributed by atoms with Gasteiger partial charge in [-0.25, -0.2) is 9.48 Å². The topological polar surface area (TPSA) is 68.0 Å². The highest BCUT2D eigenvalue weighted by atomic mass is 79.9. The van der Waals surface area contributed by atoms with Crippen molar-refractivity contribution >= 4 is 33.2 Å². The molecule has 0 aliphatic rings. The van der Waals surface area contributed by atoms with Crippen molar-refractivity contribution in [2.75, 3.05) is 0 Å². The van der Waals surface area contributed by atoms with Gasteiger partial charge in [0.25, 0.3) is 0 Å². The Morgan fingerprint density at radius 1 is 1.59 bits per heavy atom. The minimum atomic E-state index is -1.03. The molecule has 0 spiro atoms. The Kier molecular flexibility index (Phi) is 3.58. The Labute approximate surface area is 110 Å². The Morgan fingerprint density at radius 3 is 2.88 bits per heavy atom. The first kappa shape index (κ1) is 12.3. The van der Waals surface area contributed by atoms with Crippen LogP contribution in [0.4, 0.5) is 0 Å². The normalized spacial score (nSPS) is 10.7. The number of carboxylic acids is 1. The third-order valence-corrected chi connectivity index (χ3v) is 3.92. The Balaban J connectivity index is 2.30. The quantitative estimate of drug-likeness (QED) is 0.940. The second-order valence-corrected chi connectivity index (χ2v) is 5.95. The third kappa shape index (κ3) is 2.55. The van der Waals surface area contributed by atoms with Crippen molar-refractivity contribution in [3.05, 3.63) is 32.2 Å². The lowest BCUT2D eigenvalue weighted by atomic mass is 10.2. The molecule has 2 aromatic heterocycles. The van der Waals surface area contributed by atoms with E-state index in [1.54, 1.807) is 16.0 Å². The van der Waals surface area contributed by atoms with Crippen molar-refractivity contribution < 1.29 is 9.90 Å². The summed E-state index contributed by atoms with van der Waals surface area (Å²) in [5.74, 6) is -1.03. The molecule has 0 atom stereocenters. The van der Waals surface area contributed by atoms with Crippen LogP contribution in [0.3, 0.4) is 0 Å². The lowest BCUT2D eigenvalue weighted by Gasteiger charge is -2.02. The number of carbonyl (C=O) groups is 1. The minimum absolute atomic E-state index is 0.0446. The van der Waals surface area contributed by atoms with Crippen LogP contribution in [0.1, 0.15) is 28.0 Å². The molecule has 2 aromatic rings. The lowest BCUT2D eigenvalue weighted by molar-refractivity contribution is 0.0689. The molecule has 0 saturated carbocycles. The minimum Gasteiger partial charge on any atom is -0.476 e. The fraction of sp³-hybridized carbons (Fsp3) is 0.300. The number of rotatable bonds is 4. The summed E-state index contributed by atoms with van der Waals surface area (Å²) < 4.78 is 2.69. The van der Waals surface area contributed by atoms with E-state index < -0.39 is 5.97 Å². The summed E-state index contributed by atoms with van der Waals surface area (Å²) in [6.07, 6.45) is 0.598. The summed E-state index contributed by atoms with van der Waals surface area (Å²) in [4.78, 5) is 12.0. The highest BCUT2D eigenvalue weighted by Crippen LogP contribution is 2.23. The number of nitrogens with zero attached hydrogens (tertiary/aromatic N) is 3. The predicted octanol–water partition coefficient (Wildman–Crippen LogP) is 2.41. The van der Waals surface area contributed by atoms with E-state index in [1.165, 1.54) is 0 Å². The molecular weight excluding hydrogens is 306 g/mol. The average molecular weight is 316 g/mol. The molecule has 0 aliphatic carbocycles. The summed E-state index contributed by atoms with van der Waals surface area (Å²) in [6, 6.07) is 3.94. The summed E-state index contributed by atoms with van der Waals surface area (Å²) in [6.45, 7) is 2.45. The number of aromatic nitrogens is 3. The Morgan fingerprint density at radius 2 is 2.35 bits per heavy atom. The molecule has 17 heavy (non-hydrogen) atoms. The first-order valence-electron chi connectivity index (χ1n) is 5.01. The molecule has 7 heteroatoms. The van der Waals surface area contributed by atoms with E-state index in [9.17, 15) is 4.79 Å². The van der Waals surface area contributed by atoms with Crippen molar-refractivity contribution in [3.63, 3.8) is 0 Å². The van der Waals surface area contributed by atoms with Gasteiger partial charge in [0.2, 0.25) is 0 Å². The van der Waals surface area contributed by atoms with E-state index in [4.69, 9.17) is 5.11 Å². The van der Waals surface area contributed by atoms with Crippen LogP contribution < -0.4 is 0 Å². The second kappa shape index (κ2) is 4.97. The van der Waals surface area contributed by atoms with Crippen molar-refractivity contribution in [1.82, 2.24) is 15.0 Å². The molecule has 1 N–H and O–H groups in total. The van der Waals surface area contributed by atoms with Crippen LogP contribution in [0.5, 0.6) is 0 Å². The molecule has 0 fully saturated rings. The van der Waals surface area contributed by atoms with E-state index in [-0.39, 0.29) is 5.69 Å². The molecule has 5 nitrogen and oxygen atoms in total. The summed E-state index contributed by atoms with van der Waals surface area (Å²) >= 11 is 4.99. The maximum atomic E-state index is 10.9. The number of halogens is 1. The van der Waals surface area contributed by atoms with Crippen molar-refractivity contribution in [3.8, 4) is 0 Å². The molecule has 0 saturated heterocycles. The summed E-state index contributed by atoms with van der Waals surface area (Å²) in [5.41, 5.74) is 0.699. The zero-order valence-electron chi connectivity index (χ0n) is 9.05. The first-order valence-corrected chi connectivity index (χ1v) is 6.62. The van der Waals surface area contributed by atoms with Gasteiger partial charge in [-0.2, -0.15) is 0 Å². The van der Waals surface area contributed by atoms with Crippen LogP contribution in [0, 0.1) is 0 Å². The van der Waals surface area contributed by atoms with Gasteiger partial charge in [0.05, 0.1) is 16.0 Å². The molecule has 0 aliphatic heterocycles. The molecular formula is C10H10BrN3O2S. The van der Waals surface area contributed by atoms with Gasteiger partial charge >= 0.3 is 5.97 Å². The number of hydrogen-bond donors (Lipinski definition) is 1. The average Bonchev–Trinajstić information content (AvgIpc) is 2.85. The second-order valence-electron chi connectivity index (χ2n) is 3.41. The fourth-order valence-corrected chi connectivity index (χ4v) is 3.03. The van der Waals surface area contributed by atoms with Crippen LogP contribution in [-0.4, -0.2) is 26.1 Å². The largest absolute Gasteiger partial charge is 0.476 e. The van der Waals surface area contributed by atoms with Gasteiger partial charge in [-0.05, 0) is 34.5 Å². The summed E-state index contributed by atoms with van der Waals surface area (Å²) in [5, 5.41) is 16.5. The molecule has 2 rings (SSSR count). The van der Waals surface area contributed by atoms with Gasteiger partial charge in [-0.1, -0.05) is 12.1 Å². The smallest absolute Gasteiger partial charge is 0.358 e. The maximum absolute atomic E-state index is 10.9. The van der Waals surface area contributed by atoms with Crippen molar-refractivity contribution in [2.24, 2.45) is 0 Å². The lowest BCUT2D eigenvalue weighted by Crippen LogP contribution is -2.07. The van der Waals surface area contributed by atoms with Gasteiger partial charge in [0.15, 0.2) is 5.69 Å². The number of carboxylic acid groups (broad SMARTS) is 1. The number of hydrogen-bond acceptors (Lipinski definition) is 4. The third-order valence-electron chi connectivity index (χ3n) is 2.31. The van der Waals surface area contributed by atoms with E-state index >= 15 is 0 Å². The van der Waals surface area contributed by atoms with Gasteiger partial charge < -0.3 is 5.11 Å². The number of thiophene rings is 1. The van der Waals surface area contributed by atoms with Gasteiger partial charge in [0.1, 0.15) is 0 Å². The molecule has 0 amide bonds. The van der Waals surface area contributed by atoms with Crippen LogP contribution in [-0.2, 0) is 13.0 Å². The van der Waals surface area contributed by atoms with Crippen LogP contribution in [0.2, 0.25) is 0 Å². The SMILES string of the molecule is CCc1c(C(=O)O)nnn1Cc1ccc(Br)s1.